The summed E-state index contributed by atoms with van der Waals surface area (Å²) in [6.45, 7) is 2.63. The molecule has 0 amide bonds. The van der Waals surface area contributed by atoms with Crippen LogP contribution in [-0.4, -0.2) is 31.0 Å². The molecule has 0 saturated carbocycles. The lowest BCUT2D eigenvalue weighted by atomic mass is 10.2. The Hall–Kier alpha value is -0.690. The molecule has 1 aromatic rings. The third kappa shape index (κ3) is 3.42. The monoisotopic (exact) mass is 230 g/mol. The summed E-state index contributed by atoms with van der Waals surface area (Å²) in [5.74, 6) is 0. The fourth-order valence-corrected chi connectivity index (χ4v) is 2.01. The summed E-state index contributed by atoms with van der Waals surface area (Å²) < 4.78 is 10.4. The van der Waals surface area contributed by atoms with Gasteiger partial charge < -0.3 is 19.8 Å². The Morgan fingerprint density at radius 2 is 2.60 bits per heavy atom. The Labute approximate surface area is 91.4 Å². The van der Waals surface area contributed by atoms with Crippen molar-refractivity contribution in [3.63, 3.8) is 0 Å². The quantitative estimate of drug-likeness (QED) is 0.780. The van der Waals surface area contributed by atoms with Gasteiger partial charge in [-0.2, -0.15) is 0 Å². The molecule has 1 atom stereocenters. The van der Waals surface area contributed by atoms with E-state index >= 15 is 0 Å². The molecule has 1 aliphatic rings. The third-order valence-corrected chi connectivity index (χ3v) is 2.95. The van der Waals surface area contributed by atoms with E-state index in [0.717, 1.165) is 25.3 Å². The topological polar surface area (TPSA) is 63.4 Å². The van der Waals surface area contributed by atoms with Gasteiger partial charge in [0.25, 0.3) is 0 Å². The van der Waals surface area contributed by atoms with E-state index in [1.165, 1.54) is 11.3 Å². The predicted molar refractivity (Wildman–Crippen MR) is 57.0 cm³/mol. The first-order valence-electron chi connectivity index (χ1n) is 4.91. The summed E-state index contributed by atoms with van der Waals surface area (Å²) in [7, 11) is 0. The second kappa shape index (κ2) is 5.41. The second-order valence-electron chi connectivity index (χ2n) is 3.41. The minimum absolute atomic E-state index is 0.00545. The van der Waals surface area contributed by atoms with Crippen LogP contribution in [-0.2, 0) is 16.0 Å². The number of aromatic amines is 1. The van der Waals surface area contributed by atoms with E-state index in [2.05, 4.69) is 10.3 Å². The maximum atomic E-state index is 10.8. The number of rotatable bonds is 4. The first-order valence-corrected chi connectivity index (χ1v) is 5.79. The summed E-state index contributed by atoms with van der Waals surface area (Å²) >= 11 is 1.19. The Morgan fingerprint density at radius 3 is 3.27 bits per heavy atom. The molecule has 1 saturated heterocycles. The summed E-state index contributed by atoms with van der Waals surface area (Å²) in [6.07, 6.45) is 1.15. The fourth-order valence-electron chi connectivity index (χ4n) is 1.43. The number of hydrogen-bond acceptors (Lipinski definition) is 5. The van der Waals surface area contributed by atoms with Crippen molar-refractivity contribution >= 4 is 11.3 Å². The van der Waals surface area contributed by atoms with E-state index in [1.54, 1.807) is 0 Å². The van der Waals surface area contributed by atoms with E-state index < -0.39 is 0 Å². The van der Waals surface area contributed by atoms with Gasteiger partial charge in [0.05, 0.1) is 12.7 Å². The molecule has 2 rings (SSSR count). The molecule has 5 nitrogen and oxygen atoms in total. The Balaban J connectivity index is 1.68. The van der Waals surface area contributed by atoms with Gasteiger partial charge in [0, 0.05) is 24.2 Å². The third-order valence-electron chi connectivity index (χ3n) is 2.23. The minimum Gasteiger partial charge on any atom is -0.355 e. The molecule has 1 aliphatic heterocycles. The molecular weight excluding hydrogens is 216 g/mol. The van der Waals surface area contributed by atoms with Crippen LogP contribution in [0.4, 0.5) is 0 Å². The maximum absolute atomic E-state index is 10.8. The molecular formula is C9H14N2O3S. The van der Waals surface area contributed by atoms with Gasteiger partial charge in [0.2, 0.25) is 0 Å². The lowest BCUT2D eigenvalue weighted by Crippen LogP contribution is -2.33. The zero-order valence-corrected chi connectivity index (χ0v) is 9.14. The van der Waals surface area contributed by atoms with Gasteiger partial charge >= 0.3 is 4.87 Å². The standard InChI is InChI=1S/C9H14N2O3S/c12-9-11-7(5-15-9)3-10-4-8-1-2-13-6-14-8/h5,8,10H,1-4,6H2,(H,11,12). The van der Waals surface area contributed by atoms with Crippen LogP contribution in [0.15, 0.2) is 10.2 Å². The molecule has 1 unspecified atom stereocenters. The number of H-pyrrole nitrogens is 1. The van der Waals surface area contributed by atoms with Gasteiger partial charge in [-0.05, 0) is 6.42 Å². The van der Waals surface area contributed by atoms with E-state index in [4.69, 9.17) is 9.47 Å². The number of aromatic nitrogens is 1. The maximum Gasteiger partial charge on any atom is 0.304 e. The van der Waals surface area contributed by atoms with Gasteiger partial charge in [-0.3, -0.25) is 4.79 Å². The predicted octanol–water partition coefficient (Wildman–Crippen LogP) is 0.289. The molecule has 1 fully saturated rings. The lowest BCUT2D eigenvalue weighted by Gasteiger charge is -2.22. The molecule has 1 aromatic heterocycles. The van der Waals surface area contributed by atoms with Crippen LogP contribution in [0.5, 0.6) is 0 Å². The molecule has 0 aliphatic carbocycles. The molecule has 0 bridgehead atoms. The highest BCUT2D eigenvalue weighted by molar-refractivity contribution is 7.07. The summed E-state index contributed by atoms with van der Waals surface area (Å²) in [6, 6.07) is 0. The number of thiazole rings is 1. The highest BCUT2D eigenvalue weighted by atomic mass is 32.1. The van der Waals surface area contributed by atoms with Crippen molar-refractivity contribution in [1.29, 1.82) is 0 Å². The molecule has 84 valence electrons. The van der Waals surface area contributed by atoms with Crippen LogP contribution < -0.4 is 10.2 Å². The highest BCUT2D eigenvalue weighted by Gasteiger charge is 2.13. The normalized spacial score (nSPS) is 21.7. The van der Waals surface area contributed by atoms with Crippen LogP contribution in [0.25, 0.3) is 0 Å². The molecule has 15 heavy (non-hydrogen) atoms. The summed E-state index contributed by atoms with van der Waals surface area (Å²) in [5.41, 5.74) is 0.928. The van der Waals surface area contributed by atoms with Gasteiger partial charge in [-0.1, -0.05) is 11.3 Å². The molecule has 2 heterocycles. The molecule has 0 spiro atoms. The zero-order chi connectivity index (χ0) is 10.5. The van der Waals surface area contributed by atoms with Crippen molar-refractivity contribution in [2.75, 3.05) is 19.9 Å². The van der Waals surface area contributed by atoms with Gasteiger partial charge in [0.1, 0.15) is 6.79 Å². The van der Waals surface area contributed by atoms with Crippen molar-refractivity contribution < 1.29 is 9.47 Å². The largest absolute Gasteiger partial charge is 0.355 e. The second-order valence-corrected chi connectivity index (χ2v) is 4.25. The SMILES string of the molecule is O=c1[nH]c(CNCC2CCOCO2)cs1. The van der Waals surface area contributed by atoms with Crippen molar-refractivity contribution in [3.8, 4) is 0 Å². The van der Waals surface area contributed by atoms with Crippen LogP contribution >= 0.6 is 11.3 Å². The van der Waals surface area contributed by atoms with Crippen molar-refractivity contribution in [1.82, 2.24) is 10.3 Å². The molecule has 0 aromatic carbocycles. The fraction of sp³-hybridized carbons (Fsp3) is 0.667. The van der Waals surface area contributed by atoms with Crippen molar-refractivity contribution in [2.24, 2.45) is 0 Å². The van der Waals surface area contributed by atoms with E-state index in [0.29, 0.717) is 13.3 Å². The zero-order valence-electron chi connectivity index (χ0n) is 8.32. The molecule has 6 heteroatoms. The minimum atomic E-state index is -0.00545. The van der Waals surface area contributed by atoms with E-state index in [-0.39, 0.29) is 11.0 Å². The van der Waals surface area contributed by atoms with Crippen molar-refractivity contribution in [2.45, 2.75) is 19.1 Å². The average Bonchev–Trinajstić information content (AvgIpc) is 2.66. The molecule has 0 radical (unpaired) electrons. The molecule has 2 N–H and O–H groups in total. The van der Waals surface area contributed by atoms with Crippen LogP contribution in [0.2, 0.25) is 0 Å². The average molecular weight is 230 g/mol. The lowest BCUT2D eigenvalue weighted by molar-refractivity contribution is -0.137. The Bertz CT molecular complexity index is 343. The van der Waals surface area contributed by atoms with Gasteiger partial charge in [-0.25, -0.2) is 0 Å². The van der Waals surface area contributed by atoms with E-state index in [9.17, 15) is 4.79 Å². The van der Waals surface area contributed by atoms with Crippen LogP contribution in [0.3, 0.4) is 0 Å². The summed E-state index contributed by atoms with van der Waals surface area (Å²) in [4.78, 5) is 13.6. The van der Waals surface area contributed by atoms with Gasteiger partial charge in [-0.15, -0.1) is 0 Å². The van der Waals surface area contributed by atoms with Gasteiger partial charge in [0.15, 0.2) is 0 Å². The Kier molecular flexibility index (Phi) is 3.90. The summed E-state index contributed by atoms with van der Waals surface area (Å²) in [5, 5.41) is 5.07. The van der Waals surface area contributed by atoms with Crippen LogP contribution in [0.1, 0.15) is 12.1 Å². The van der Waals surface area contributed by atoms with Crippen molar-refractivity contribution in [3.05, 3.63) is 20.7 Å². The van der Waals surface area contributed by atoms with Crippen LogP contribution in [0, 0.1) is 0 Å². The Morgan fingerprint density at radius 1 is 1.67 bits per heavy atom. The smallest absolute Gasteiger partial charge is 0.304 e. The first kappa shape index (κ1) is 10.8. The van der Waals surface area contributed by atoms with E-state index in [1.807, 2.05) is 5.38 Å². The highest BCUT2D eigenvalue weighted by Crippen LogP contribution is 2.04. The number of nitrogens with one attached hydrogen (secondary N) is 2. The number of hydrogen-bond donors (Lipinski definition) is 2. The first-order chi connectivity index (χ1) is 7.34. The number of ether oxygens (including phenoxy) is 2.